The van der Waals surface area contributed by atoms with E-state index in [4.69, 9.17) is 11.6 Å². The maximum Gasteiger partial charge on any atom is 0.419 e. The average Bonchev–Trinajstić information content (AvgIpc) is 2.67. The van der Waals surface area contributed by atoms with Gasteiger partial charge in [0.2, 0.25) is 5.78 Å². The van der Waals surface area contributed by atoms with Crippen molar-refractivity contribution >= 4 is 44.7 Å². The lowest BCUT2D eigenvalue weighted by atomic mass is 10.0. The van der Waals surface area contributed by atoms with E-state index >= 15 is 0 Å². The predicted molar refractivity (Wildman–Crippen MR) is 71.9 cm³/mol. The van der Waals surface area contributed by atoms with Crippen LogP contribution in [0.25, 0.3) is 0 Å². The van der Waals surface area contributed by atoms with Gasteiger partial charge in [-0.1, -0.05) is 17.7 Å². The summed E-state index contributed by atoms with van der Waals surface area (Å²) in [7, 11) is 0. The minimum atomic E-state index is -4.85. The lowest BCUT2D eigenvalue weighted by Crippen LogP contribution is -2.12. The van der Waals surface area contributed by atoms with E-state index in [9.17, 15) is 22.4 Å². The Labute approximate surface area is 128 Å². The first-order valence-corrected chi connectivity index (χ1v) is 7.06. The fourth-order valence-corrected chi connectivity index (χ4v) is 3.17. The third-order valence-corrected chi connectivity index (χ3v) is 4.89. The molecule has 0 saturated carbocycles. The van der Waals surface area contributed by atoms with Crippen LogP contribution in [0.2, 0.25) is 4.34 Å². The maximum absolute atomic E-state index is 13.8. The van der Waals surface area contributed by atoms with Gasteiger partial charge in [-0.3, -0.25) is 4.79 Å². The van der Waals surface area contributed by atoms with E-state index in [1.165, 1.54) is 6.07 Å². The molecule has 0 amide bonds. The topological polar surface area (TPSA) is 17.1 Å². The summed E-state index contributed by atoms with van der Waals surface area (Å²) in [5, 5.41) is 0. The maximum atomic E-state index is 13.8. The summed E-state index contributed by atoms with van der Waals surface area (Å²) < 4.78 is 52.3. The predicted octanol–water partition coefficient (Wildman–Crippen LogP) is 5.55. The van der Waals surface area contributed by atoms with Gasteiger partial charge in [-0.15, -0.1) is 11.3 Å². The van der Waals surface area contributed by atoms with Crippen LogP contribution >= 0.6 is 38.9 Å². The Hall–Kier alpha value is -0.920. The molecule has 20 heavy (non-hydrogen) atoms. The molecule has 1 aromatic heterocycles. The van der Waals surface area contributed by atoms with Gasteiger partial charge in [0.05, 0.1) is 16.0 Å². The van der Waals surface area contributed by atoms with E-state index in [2.05, 4.69) is 15.9 Å². The second-order valence-corrected chi connectivity index (χ2v) is 6.23. The third-order valence-electron chi connectivity index (χ3n) is 2.42. The van der Waals surface area contributed by atoms with Crippen molar-refractivity contribution in [3.63, 3.8) is 0 Å². The Bertz CT molecular complexity index is 661. The summed E-state index contributed by atoms with van der Waals surface area (Å²) in [6.07, 6.45) is -4.85. The van der Waals surface area contributed by atoms with Crippen LogP contribution in [-0.4, -0.2) is 5.78 Å². The van der Waals surface area contributed by atoms with E-state index in [0.717, 1.165) is 23.5 Å². The van der Waals surface area contributed by atoms with Crippen molar-refractivity contribution < 1.29 is 22.4 Å². The molecule has 106 valence electrons. The average molecular weight is 388 g/mol. The number of rotatable bonds is 2. The number of hydrogen-bond acceptors (Lipinski definition) is 2. The fourth-order valence-electron chi connectivity index (χ4n) is 1.52. The molecule has 0 aliphatic carbocycles. The summed E-state index contributed by atoms with van der Waals surface area (Å²) in [6, 6.07) is 3.93. The van der Waals surface area contributed by atoms with Crippen molar-refractivity contribution in [3.05, 3.63) is 54.9 Å². The van der Waals surface area contributed by atoms with Gasteiger partial charge in [0.25, 0.3) is 0 Å². The molecule has 0 spiro atoms. The Balaban J connectivity index is 2.51. The first-order valence-electron chi connectivity index (χ1n) is 5.07. The fraction of sp³-hybridized carbons (Fsp3) is 0.0833. The summed E-state index contributed by atoms with van der Waals surface area (Å²) in [5.41, 5.74) is -2.10. The SMILES string of the molecule is O=C(c1cc(Br)c(Cl)s1)c1cccc(C(F)(F)F)c1F. The number of benzene rings is 1. The van der Waals surface area contributed by atoms with Gasteiger partial charge in [-0.25, -0.2) is 4.39 Å². The molecule has 1 aromatic carbocycles. The normalized spacial score (nSPS) is 11.7. The van der Waals surface area contributed by atoms with Crippen LogP contribution in [0.5, 0.6) is 0 Å². The molecule has 0 unspecified atom stereocenters. The number of halogens is 6. The van der Waals surface area contributed by atoms with Crippen molar-refractivity contribution in [1.82, 2.24) is 0 Å². The molecule has 0 radical (unpaired) electrons. The standard InChI is InChI=1S/C12H4BrClF4OS/c13-7-4-8(20-11(7)14)10(19)5-2-1-3-6(9(5)15)12(16,17)18/h1-4H. The molecule has 0 atom stereocenters. The first kappa shape index (κ1) is 15.5. The second-order valence-electron chi connectivity index (χ2n) is 3.73. The van der Waals surface area contributed by atoms with E-state index in [-0.39, 0.29) is 9.21 Å². The third kappa shape index (κ3) is 2.89. The highest BCUT2D eigenvalue weighted by Crippen LogP contribution is 2.36. The summed E-state index contributed by atoms with van der Waals surface area (Å²) in [5.74, 6) is -2.42. The number of alkyl halides is 3. The smallest absolute Gasteiger partial charge is 0.288 e. The second kappa shape index (κ2) is 5.46. The van der Waals surface area contributed by atoms with Gasteiger partial charge in [-0.2, -0.15) is 13.2 Å². The molecule has 8 heteroatoms. The molecule has 0 saturated heterocycles. The van der Waals surface area contributed by atoms with Crippen molar-refractivity contribution in [3.8, 4) is 0 Å². The molecule has 1 nitrogen and oxygen atoms in total. The van der Waals surface area contributed by atoms with Gasteiger partial charge < -0.3 is 0 Å². The van der Waals surface area contributed by atoms with Gasteiger partial charge in [0, 0.05) is 4.47 Å². The van der Waals surface area contributed by atoms with Crippen molar-refractivity contribution in [2.45, 2.75) is 6.18 Å². The lowest BCUT2D eigenvalue weighted by Gasteiger charge is -2.09. The number of ketones is 1. The monoisotopic (exact) mass is 386 g/mol. The van der Waals surface area contributed by atoms with Crippen LogP contribution in [0.1, 0.15) is 20.8 Å². The highest BCUT2D eigenvalue weighted by Gasteiger charge is 2.36. The van der Waals surface area contributed by atoms with Crippen molar-refractivity contribution in [1.29, 1.82) is 0 Å². The van der Waals surface area contributed by atoms with Gasteiger partial charge in [0.15, 0.2) is 0 Å². The molecular weight excluding hydrogens is 384 g/mol. The first-order chi connectivity index (χ1) is 9.21. The molecule has 2 rings (SSSR count). The summed E-state index contributed by atoms with van der Waals surface area (Å²) in [4.78, 5) is 12.1. The molecule has 1 heterocycles. The van der Waals surface area contributed by atoms with Gasteiger partial charge in [0.1, 0.15) is 10.2 Å². The summed E-state index contributed by atoms with van der Waals surface area (Å²) >= 11 is 9.68. The van der Waals surface area contributed by atoms with Gasteiger partial charge in [-0.05, 0) is 34.1 Å². The van der Waals surface area contributed by atoms with Crippen LogP contribution in [0.3, 0.4) is 0 Å². The molecule has 0 aliphatic heterocycles. The van der Waals surface area contributed by atoms with E-state index in [1.54, 1.807) is 0 Å². The Kier molecular flexibility index (Phi) is 4.22. The molecule has 2 aromatic rings. The van der Waals surface area contributed by atoms with Gasteiger partial charge >= 0.3 is 6.18 Å². The Morgan fingerprint density at radius 1 is 1.30 bits per heavy atom. The molecular formula is C12H4BrClF4OS. The highest BCUT2D eigenvalue weighted by atomic mass is 79.9. The van der Waals surface area contributed by atoms with E-state index in [1.807, 2.05) is 0 Å². The van der Waals surface area contributed by atoms with E-state index in [0.29, 0.717) is 10.5 Å². The van der Waals surface area contributed by atoms with Crippen molar-refractivity contribution in [2.75, 3.05) is 0 Å². The number of hydrogen-bond donors (Lipinski definition) is 0. The van der Waals surface area contributed by atoms with Crippen LogP contribution in [0.15, 0.2) is 28.7 Å². The number of carbonyl (C=O) groups excluding carboxylic acids is 1. The van der Waals surface area contributed by atoms with Crippen LogP contribution in [0, 0.1) is 5.82 Å². The van der Waals surface area contributed by atoms with Crippen molar-refractivity contribution in [2.24, 2.45) is 0 Å². The van der Waals surface area contributed by atoms with E-state index < -0.39 is 28.9 Å². The lowest BCUT2D eigenvalue weighted by molar-refractivity contribution is -0.140. The zero-order chi connectivity index (χ0) is 15.1. The number of carbonyl (C=O) groups is 1. The Morgan fingerprint density at radius 2 is 1.95 bits per heavy atom. The quantitative estimate of drug-likeness (QED) is 0.487. The largest absolute Gasteiger partial charge is 0.419 e. The number of thiophene rings is 1. The molecule has 0 N–H and O–H groups in total. The highest BCUT2D eigenvalue weighted by molar-refractivity contribution is 9.10. The van der Waals surface area contributed by atoms with Crippen LogP contribution in [-0.2, 0) is 6.18 Å². The minimum absolute atomic E-state index is 0.0556. The zero-order valence-corrected chi connectivity index (χ0v) is 12.6. The van der Waals surface area contributed by atoms with Crippen LogP contribution in [0.4, 0.5) is 17.6 Å². The van der Waals surface area contributed by atoms with Crippen LogP contribution < -0.4 is 0 Å². The summed E-state index contributed by atoms with van der Waals surface area (Å²) in [6.45, 7) is 0. The Morgan fingerprint density at radius 3 is 2.45 bits per heavy atom. The minimum Gasteiger partial charge on any atom is -0.288 e. The molecule has 0 bridgehead atoms. The molecule has 0 aliphatic rings. The zero-order valence-electron chi connectivity index (χ0n) is 9.39. The molecule has 0 fully saturated rings.